The van der Waals surface area contributed by atoms with Gasteiger partial charge in [-0.3, -0.25) is 0 Å². The summed E-state index contributed by atoms with van der Waals surface area (Å²) in [6.07, 6.45) is 0.330. The van der Waals surface area contributed by atoms with Crippen molar-refractivity contribution >= 4 is 12.0 Å². The molecular weight excluding hydrogens is 269 g/mol. The van der Waals surface area contributed by atoms with E-state index >= 15 is 0 Å². The molecule has 0 heterocycles. The summed E-state index contributed by atoms with van der Waals surface area (Å²) < 4.78 is 40.5. The smallest absolute Gasteiger partial charge is 0.392 e. The second-order valence-electron chi connectivity index (χ2n) is 3.95. The van der Waals surface area contributed by atoms with Gasteiger partial charge in [-0.25, -0.2) is 4.79 Å². The summed E-state index contributed by atoms with van der Waals surface area (Å²) >= 11 is 0. The zero-order valence-corrected chi connectivity index (χ0v) is 11.0. The zero-order valence-electron chi connectivity index (χ0n) is 11.0. The Morgan fingerprint density at radius 1 is 1.30 bits per heavy atom. The van der Waals surface area contributed by atoms with Crippen molar-refractivity contribution in [1.29, 1.82) is 0 Å². The molecule has 20 heavy (non-hydrogen) atoms. The molecule has 0 fully saturated rings. The molecule has 0 aliphatic carbocycles. The van der Waals surface area contributed by atoms with Gasteiger partial charge in [0, 0.05) is 0 Å². The van der Waals surface area contributed by atoms with E-state index in [2.05, 4.69) is 0 Å². The van der Waals surface area contributed by atoms with Crippen molar-refractivity contribution in [2.45, 2.75) is 19.5 Å². The third kappa shape index (κ3) is 6.22. The average Bonchev–Trinajstić information content (AvgIpc) is 2.37. The molecule has 0 aliphatic heterocycles. The number of alkyl halides is 3. The van der Waals surface area contributed by atoms with Crippen LogP contribution in [0, 0.1) is 0 Å². The number of carbonyl (C=O) groups is 1. The van der Waals surface area contributed by atoms with Crippen LogP contribution in [0.15, 0.2) is 42.5 Å². The molecule has 1 rings (SSSR count). The summed E-state index contributed by atoms with van der Waals surface area (Å²) in [6, 6.07) is 6.67. The molecule has 0 aliphatic rings. The van der Waals surface area contributed by atoms with Gasteiger partial charge in [-0.05, 0) is 24.6 Å². The van der Waals surface area contributed by atoms with Crippen LogP contribution in [0.5, 0.6) is 0 Å². The normalized spacial score (nSPS) is 12.2. The van der Waals surface area contributed by atoms with E-state index in [9.17, 15) is 18.0 Å². The Morgan fingerprint density at radius 3 is 2.70 bits per heavy atom. The highest BCUT2D eigenvalue weighted by molar-refractivity contribution is 5.90. The highest BCUT2D eigenvalue weighted by atomic mass is 19.4. The number of hydrogen-bond acceptors (Lipinski definition) is 2. The molecule has 0 saturated carbocycles. The van der Waals surface area contributed by atoms with Crippen LogP contribution in [0.2, 0.25) is 0 Å². The van der Waals surface area contributed by atoms with Gasteiger partial charge in [0.05, 0.1) is 18.6 Å². The van der Waals surface area contributed by atoms with Gasteiger partial charge in [-0.1, -0.05) is 36.4 Å². The monoisotopic (exact) mass is 284 g/mol. The van der Waals surface area contributed by atoms with Gasteiger partial charge in [0.15, 0.2) is 0 Å². The fourth-order valence-electron chi connectivity index (χ4n) is 1.43. The van der Waals surface area contributed by atoms with Gasteiger partial charge in [-0.2, -0.15) is 13.2 Å². The zero-order chi connectivity index (χ0) is 15.0. The lowest BCUT2D eigenvalue weighted by Crippen LogP contribution is -2.04. The van der Waals surface area contributed by atoms with E-state index < -0.39 is 18.6 Å². The summed E-state index contributed by atoms with van der Waals surface area (Å²) in [4.78, 5) is 11.5. The minimum Gasteiger partial charge on any atom is -0.462 e. The highest BCUT2D eigenvalue weighted by Crippen LogP contribution is 2.19. The standard InChI is InChI=1S/C15H15F3O2/c1-2-20-14(19)13-9-6-8-12(11-13)7-4-3-5-10-15(16,17)18/h3-9,11H,2,10H2,1H3/b5-3?,7-4+. The van der Waals surface area contributed by atoms with Crippen LogP contribution in [-0.4, -0.2) is 18.8 Å². The number of esters is 1. The van der Waals surface area contributed by atoms with E-state index in [0.717, 1.165) is 6.08 Å². The molecule has 0 unspecified atom stereocenters. The van der Waals surface area contributed by atoms with Gasteiger partial charge in [0.2, 0.25) is 0 Å². The molecule has 0 N–H and O–H groups in total. The maximum absolute atomic E-state index is 11.9. The summed E-state index contributed by atoms with van der Waals surface area (Å²) in [6.45, 7) is 2.01. The fourth-order valence-corrected chi connectivity index (χ4v) is 1.43. The van der Waals surface area contributed by atoms with Crippen molar-refractivity contribution in [3.05, 3.63) is 53.6 Å². The number of ether oxygens (including phenoxy) is 1. The van der Waals surface area contributed by atoms with Crippen LogP contribution >= 0.6 is 0 Å². The Labute approximate surface area is 115 Å². The van der Waals surface area contributed by atoms with E-state index in [1.54, 1.807) is 37.3 Å². The fraction of sp³-hybridized carbons (Fsp3) is 0.267. The molecule has 0 atom stereocenters. The maximum atomic E-state index is 11.9. The first-order valence-corrected chi connectivity index (χ1v) is 6.09. The summed E-state index contributed by atoms with van der Waals surface area (Å²) in [5.74, 6) is -0.421. The van der Waals surface area contributed by atoms with Gasteiger partial charge >= 0.3 is 12.1 Å². The van der Waals surface area contributed by atoms with Gasteiger partial charge in [-0.15, -0.1) is 0 Å². The average molecular weight is 284 g/mol. The highest BCUT2D eigenvalue weighted by Gasteiger charge is 2.24. The molecule has 2 nitrogen and oxygen atoms in total. The number of hydrogen-bond donors (Lipinski definition) is 0. The van der Waals surface area contributed by atoms with Crippen LogP contribution in [0.3, 0.4) is 0 Å². The van der Waals surface area contributed by atoms with Crippen LogP contribution in [0.4, 0.5) is 13.2 Å². The summed E-state index contributed by atoms with van der Waals surface area (Å²) in [7, 11) is 0. The SMILES string of the molecule is CCOC(=O)c1cccc(/C=C/C=CCC(F)(F)F)c1. The Kier molecular flexibility index (Phi) is 6.03. The Hall–Kier alpha value is -2.04. The van der Waals surface area contributed by atoms with Crippen molar-refractivity contribution in [2.75, 3.05) is 6.61 Å². The summed E-state index contributed by atoms with van der Waals surface area (Å²) in [5, 5.41) is 0. The minimum absolute atomic E-state index is 0.291. The molecule has 0 bridgehead atoms. The molecule has 0 spiro atoms. The van der Waals surface area contributed by atoms with Gasteiger partial charge in [0.1, 0.15) is 0 Å². The van der Waals surface area contributed by atoms with Crippen molar-refractivity contribution in [3.63, 3.8) is 0 Å². The molecule has 0 radical (unpaired) electrons. The van der Waals surface area contributed by atoms with Crippen LogP contribution < -0.4 is 0 Å². The van der Waals surface area contributed by atoms with E-state index in [-0.39, 0.29) is 0 Å². The van der Waals surface area contributed by atoms with E-state index in [4.69, 9.17) is 4.74 Å². The number of allylic oxidation sites excluding steroid dienone is 3. The Balaban J connectivity index is 2.64. The molecule has 1 aromatic carbocycles. The van der Waals surface area contributed by atoms with Crippen molar-refractivity contribution in [3.8, 4) is 0 Å². The minimum atomic E-state index is -4.19. The van der Waals surface area contributed by atoms with Gasteiger partial charge in [0.25, 0.3) is 0 Å². The lowest BCUT2D eigenvalue weighted by atomic mass is 10.1. The lowest BCUT2D eigenvalue weighted by molar-refractivity contribution is -0.125. The number of halogens is 3. The van der Waals surface area contributed by atoms with Crippen molar-refractivity contribution in [1.82, 2.24) is 0 Å². The first kappa shape index (κ1) is 16.0. The molecule has 1 aromatic rings. The van der Waals surface area contributed by atoms with Gasteiger partial charge < -0.3 is 4.74 Å². The van der Waals surface area contributed by atoms with Crippen LogP contribution in [0.25, 0.3) is 6.08 Å². The number of benzene rings is 1. The second kappa shape index (κ2) is 7.53. The third-order valence-corrected chi connectivity index (χ3v) is 2.28. The molecule has 0 aromatic heterocycles. The van der Waals surface area contributed by atoms with Crippen LogP contribution in [0.1, 0.15) is 29.3 Å². The number of carbonyl (C=O) groups excluding carboxylic acids is 1. The predicted octanol–water partition coefficient (Wildman–Crippen LogP) is 4.39. The first-order chi connectivity index (χ1) is 9.42. The topological polar surface area (TPSA) is 26.3 Å². The molecule has 108 valence electrons. The molecule has 0 amide bonds. The largest absolute Gasteiger partial charge is 0.462 e. The number of rotatable bonds is 5. The second-order valence-corrected chi connectivity index (χ2v) is 3.95. The lowest BCUT2D eigenvalue weighted by Gasteiger charge is -2.02. The first-order valence-electron chi connectivity index (χ1n) is 6.09. The van der Waals surface area contributed by atoms with Crippen molar-refractivity contribution in [2.24, 2.45) is 0 Å². The quantitative estimate of drug-likeness (QED) is 0.592. The Morgan fingerprint density at radius 2 is 2.05 bits per heavy atom. The van der Waals surface area contributed by atoms with E-state index in [0.29, 0.717) is 17.7 Å². The third-order valence-electron chi connectivity index (χ3n) is 2.28. The van der Waals surface area contributed by atoms with E-state index in [1.807, 2.05) is 0 Å². The maximum Gasteiger partial charge on any atom is 0.392 e. The van der Waals surface area contributed by atoms with E-state index in [1.165, 1.54) is 12.2 Å². The Bertz CT molecular complexity index is 502. The van der Waals surface area contributed by atoms with Crippen molar-refractivity contribution < 1.29 is 22.7 Å². The molecular formula is C15H15F3O2. The predicted molar refractivity (Wildman–Crippen MR) is 71.2 cm³/mol. The molecule has 0 saturated heterocycles. The van der Waals surface area contributed by atoms with Crippen LogP contribution in [-0.2, 0) is 4.74 Å². The molecule has 5 heteroatoms. The summed E-state index contributed by atoms with van der Waals surface area (Å²) in [5.41, 5.74) is 1.13.